The van der Waals surface area contributed by atoms with Crippen molar-refractivity contribution in [2.45, 2.75) is 51.4 Å². The van der Waals surface area contributed by atoms with Crippen molar-refractivity contribution < 1.29 is 4.42 Å². The molecule has 2 aliphatic carbocycles. The first-order valence-electron chi connectivity index (χ1n) is 23.7. The Kier molecular flexibility index (Phi) is 9.52. The quantitative estimate of drug-likeness (QED) is 0.150. The minimum atomic E-state index is -0.733. The first-order chi connectivity index (χ1) is 33.6. The van der Waals surface area contributed by atoms with E-state index in [0.29, 0.717) is 17.2 Å². The Balaban J connectivity index is 1.20. The standard InChI is InChI=1S/C64H48N4O/c1-40(2)42-21-29-45(30-22-42)67(46-33-25-44(66-6)26-34-46)49-35-36-52-56(37-49)64(54-16-10-7-13-50(54)51-14-8-11-17-55(51)64)57-38-58(62-61(60(52)57)53-15-9-12-18-59(53)69-62)68(47-27-19-41(39-65)20-28-47)48-31-23-43(24-32-48)63(3,4)5/h7-38,40H,1-5H3. The number of hydrogen-bond donors (Lipinski definition) is 0. The van der Waals surface area contributed by atoms with E-state index < -0.39 is 5.41 Å². The van der Waals surface area contributed by atoms with Gasteiger partial charge in [-0.15, -0.1) is 0 Å². The van der Waals surface area contributed by atoms with Crippen molar-refractivity contribution in [2.75, 3.05) is 9.80 Å². The number of nitriles is 1. The fourth-order valence-electron chi connectivity index (χ4n) is 11.1. The second kappa shape index (κ2) is 15.7. The van der Waals surface area contributed by atoms with Crippen LogP contribution in [0.5, 0.6) is 0 Å². The van der Waals surface area contributed by atoms with Crippen LogP contribution in [0.4, 0.5) is 39.8 Å². The highest BCUT2D eigenvalue weighted by Gasteiger charge is 2.53. The average molecular weight is 889 g/mol. The Morgan fingerprint density at radius 2 is 1.12 bits per heavy atom. The van der Waals surface area contributed by atoms with Crippen molar-refractivity contribution in [1.82, 2.24) is 0 Å². The number of para-hydroxylation sites is 1. The van der Waals surface area contributed by atoms with E-state index in [-0.39, 0.29) is 5.41 Å². The molecule has 5 nitrogen and oxygen atoms in total. The van der Waals surface area contributed by atoms with E-state index in [0.717, 1.165) is 67.2 Å². The Labute approximate surface area is 403 Å². The molecule has 69 heavy (non-hydrogen) atoms. The molecule has 0 fully saturated rings. The Morgan fingerprint density at radius 1 is 0.565 bits per heavy atom. The molecule has 0 aliphatic heterocycles. The molecule has 0 saturated carbocycles. The van der Waals surface area contributed by atoms with Gasteiger partial charge in [0.15, 0.2) is 11.3 Å². The number of anilines is 6. The van der Waals surface area contributed by atoms with Crippen molar-refractivity contribution in [3.63, 3.8) is 0 Å². The predicted molar refractivity (Wildman–Crippen MR) is 283 cm³/mol. The third kappa shape index (κ3) is 6.35. The summed E-state index contributed by atoms with van der Waals surface area (Å²) in [6.07, 6.45) is 0. The molecule has 12 rings (SSSR count). The lowest BCUT2D eigenvalue weighted by Crippen LogP contribution is -2.26. The van der Waals surface area contributed by atoms with Crippen LogP contribution in [-0.4, -0.2) is 0 Å². The number of furan rings is 1. The number of rotatable bonds is 7. The summed E-state index contributed by atoms with van der Waals surface area (Å²) in [5.74, 6) is 0.391. The molecule has 0 radical (unpaired) electrons. The van der Waals surface area contributed by atoms with Gasteiger partial charge in [-0.25, -0.2) is 4.85 Å². The molecule has 1 heterocycles. The molecule has 0 amide bonds. The number of fused-ring (bicyclic) bond motifs is 14. The molecule has 0 unspecified atom stereocenters. The molecule has 10 aromatic rings. The van der Waals surface area contributed by atoms with E-state index in [4.69, 9.17) is 11.0 Å². The smallest absolute Gasteiger partial charge is 0.187 e. The second-order valence-electron chi connectivity index (χ2n) is 19.7. The van der Waals surface area contributed by atoms with Gasteiger partial charge in [0.25, 0.3) is 0 Å². The zero-order valence-corrected chi connectivity index (χ0v) is 39.2. The number of hydrogen-bond acceptors (Lipinski definition) is 4. The molecule has 0 saturated heterocycles. The van der Waals surface area contributed by atoms with Crippen LogP contribution in [0.2, 0.25) is 0 Å². The van der Waals surface area contributed by atoms with Crippen molar-refractivity contribution in [1.29, 1.82) is 5.26 Å². The van der Waals surface area contributed by atoms with Gasteiger partial charge in [0, 0.05) is 39.2 Å². The minimum Gasteiger partial charge on any atom is -0.454 e. The minimum absolute atomic E-state index is 0.0357. The van der Waals surface area contributed by atoms with E-state index in [2.05, 4.69) is 207 Å². The van der Waals surface area contributed by atoms with Crippen LogP contribution in [0.15, 0.2) is 199 Å². The Morgan fingerprint density at radius 3 is 1.72 bits per heavy atom. The highest BCUT2D eigenvalue weighted by Crippen LogP contribution is 2.66. The maximum absolute atomic E-state index is 9.94. The highest BCUT2D eigenvalue weighted by atomic mass is 16.3. The zero-order chi connectivity index (χ0) is 47.2. The summed E-state index contributed by atoms with van der Waals surface area (Å²) in [5.41, 5.74) is 20.0. The topological polar surface area (TPSA) is 47.8 Å². The molecule has 5 heteroatoms. The summed E-state index contributed by atoms with van der Waals surface area (Å²) in [5, 5.41) is 12.1. The van der Waals surface area contributed by atoms with Gasteiger partial charge in [-0.3, -0.25) is 0 Å². The van der Waals surface area contributed by atoms with Gasteiger partial charge in [0.1, 0.15) is 5.58 Å². The molecule has 1 spiro atoms. The molecule has 9 aromatic carbocycles. The average Bonchev–Trinajstić information content (AvgIpc) is 4.01. The number of benzene rings is 9. The maximum Gasteiger partial charge on any atom is 0.187 e. The van der Waals surface area contributed by atoms with E-state index >= 15 is 0 Å². The fraction of sp³-hybridized carbons (Fsp3) is 0.125. The molecule has 0 N–H and O–H groups in total. The van der Waals surface area contributed by atoms with Gasteiger partial charge in [-0.05, 0) is 152 Å². The Hall–Kier alpha value is -8.64. The Bertz CT molecular complexity index is 3700. The van der Waals surface area contributed by atoms with Crippen LogP contribution in [0, 0.1) is 17.9 Å². The second-order valence-corrected chi connectivity index (χ2v) is 19.7. The van der Waals surface area contributed by atoms with E-state index in [1.807, 2.05) is 42.5 Å². The van der Waals surface area contributed by atoms with Crippen LogP contribution >= 0.6 is 0 Å². The summed E-state index contributed by atoms with van der Waals surface area (Å²) in [6.45, 7) is 18.9. The molecule has 0 bridgehead atoms. The van der Waals surface area contributed by atoms with E-state index in [1.54, 1.807) is 0 Å². The van der Waals surface area contributed by atoms with Crippen molar-refractivity contribution in [3.05, 3.63) is 244 Å². The van der Waals surface area contributed by atoms with Crippen LogP contribution in [0.1, 0.15) is 79.5 Å². The normalized spacial score (nSPS) is 12.9. The van der Waals surface area contributed by atoms with E-state index in [9.17, 15) is 5.26 Å². The molecule has 0 atom stereocenters. The van der Waals surface area contributed by atoms with Gasteiger partial charge in [-0.1, -0.05) is 144 Å². The third-order valence-electron chi connectivity index (χ3n) is 14.5. The molecular formula is C64H48N4O. The van der Waals surface area contributed by atoms with Crippen molar-refractivity contribution >= 4 is 61.8 Å². The van der Waals surface area contributed by atoms with Gasteiger partial charge < -0.3 is 14.2 Å². The zero-order valence-electron chi connectivity index (χ0n) is 39.2. The van der Waals surface area contributed by atoms with Crippen molar-refractivity contribution in [2.24, 2.45) is 0 Å². The third-order valence-corrected chi connectivity index (χ3v) is 14.5. The lowest BCUT2D eigenvalue weighted by atomic mass is 9.70. The molecular weight excluding hydrogens is 841 g/mol. The lowest BCUT2D eigenvalue weighted by Gasteiger charge is -2.33. The number of nitrogens with zero attached hydrogens (tertiary/aromatic N) is 4. The molecule has 330 valence electrons. The largest absolute Gasteiger partial charge is 0.454 e. The summed E-state index contributed by atoms with van der Waals surface area (Å²) in [6, 6.07) is 71.6. The van der Waals surface area contributed by atoms with Crippen LogP contribution in [0.25, 0.3) is 49.0 Å². The van der Waals surface area contributed by atoms with Crippen LogP contribution in [0.3, 0.4) is 0 Å². The summed E-state index contributed by atoms with van der Waals surface area (Å²) >= 11 is 0. The van der Waals surface area contributed by atoms with Crippen molar-refractivity contribution in [3.8, 4) is 28.3 Å². The summed E-state index contributed by atoms with van der Waals surface area (Å²) < 4.78 is 7.16. The highest BCUT2D eigenvalue weighted by molar-refractivity contribution is 6.20. The van der Waals surface area contributed by atoms with Crippen LogP contribution in [-0.2, 0) is 10.8 Å². The van der Waals surface area contributed by atoms with Gasteiger partial charge in [-0.2, -0.15) is 5.26 Å². The monoisotopic (exact) mass is 888 g/mol. The van der Waals surface area contributed by atoms with Gasteiger partial charge in [0.05, 0.1) is 29.3 Å². The lowest BCUT2D eigenvalue weighted by molar-refractivity contribution is 0.590. The van der Waals surface area contributed by atoms with Gasteiger partial charge >= 0.3 is 0 Å². The first-order valence-corrected chi connectivity index (χ1v) is 23.7. The fourth-order valence-corrected chi connectivity index (χ4v) is 11.1. The SMILES string of the molecule is [C-]#[N+]c1ccc(N(c2ccc(C(C)C)cc2)c2ccc3c(c2)C2(c4ccccc4-c4ccccc42)c2cc(N(c4ccc(C#N)cc4)c4ccc(C(C)(C)C)cc4)c4oc5ccccc5c4c2-3)cc1. The maximum atomic E-state index is 9.94. The molecule has 2 aliphatic rings. The first kappa shape index (κ1) is 41.8. The summed E-state index contributed by atoms with van der Waals surface area (Å²) in [4.78, 5) is 8.37. The van der Waals surface area contributed by atoms with Gasteiger partial charge in [0.2, 0.25) is 0 Å². The van der Waals surface area contributed by atoms with E-state index in [1.165, 1.54) is 44.5 Å². The van der Waals surface area contributed by atoms with Crippen LogP contribution < -0.4 is 9.80 Å². The predicted octanol–water partition coefficient (Wildman–Crippen LogP) is 17.7. The molecule has 1 aromatic heterocycles. The summed E-state index contributed by atoms with van der Waals surface area (Å²) in [7, 11) is 0.